The molecule has 0 amide bonds. The summed E-state index contributed by atoms with van der Waals surface area (Å²) in [7, 11) is 0. The lowest BCUT2D eigenvalue weighted by Crippen LogP contribution is -2.50. The Hall–Kier alpha value is -0.950. The van der Waals surface area contributed by atoms with Crippen molar-refractivity contribution in [2.45, 2.75) is 111 Å². The minimum Gasteiger partial charge on any atom is -0.0903 e. The summed E-state index contributed by atoms with van der Waals surface area (Å²) in [6.45, 7) is 12.5. The topological polar surface area (TPSA) is 48.8 Å². The Labute approximate surface area is 185 Å². The van der Waals surface area contributed by atoms with E-state index in [4.69, 9.17) is 5.53 Å². The number of hydrogen-bond acceptors (Lipinski definition) is 1. The average molecular weight is 412 g/mol. The fraction of sp³-hybridized carbons (Fsp3) is 0.926. The molecule has 3 nitrogen and oxygen atoms in total. The van der Waals surface area contributed by atoms with Crippen LogP contribution in [0.2, 0.25) is 0 Å². The van der Waals surface area contributed by atoms with Crippen LogP contribution in [0.5, 0.6) is 0 Å². The highest BCUT2D eigenvalue weighted by Gasteiger charge is 2.59. The van der Waals surface area contributed by atoms with Crippen molar-refractivity contribution >= 4 is 0 Å². The van der Waals surface area contributed by atoms with E-state index in [0.29, 0.717) is 10.8 Å². The first-order valence-electron chi connectivity index (χ1n) is 13.0. The van der Waals surface area contributed by atoms with Gasteiger partial charge in [0.05, 0.1) is 0 Å². The summed E-state index contributed by atoms with van der Waals surface area (Å²) >= 11 is 0. The summed E-state index contributed by atoms with van der Waals surface area (Å²) in [6, 6.07) is 0.197. The number of azide groups is 1. The van der Waals surface area contributed by atoms with Gasteiger partial charge in [-0.2, -0.15) is 0 Å². The number of hydrogen-bond donors (Lipinski definition) is 0. The maximum atomic E-state index is 8.89. The fourth-order valence-corrected chi connectivity index (χ4v) is 8.84. The molecule has 3 saturated carbocycles. The second-order valence-electron chi connectivity index (χ2n) is 12.4. The fourth-order valence-electron chi connectivity index (χ4n) is 8.84. The van der Waals surface area contributed by atoms with Crippen LogP contribution in [0.3, 0.4) is 0 Å². The minimum atomic E-state index is 0.197. The molecule has 168 valence electrons. The summed E-state index contributed by atoms with van der Waals surface area (Å²) in [5, 5.41) is 4.08. The van der Waals surface area contributed by atoms with E-state index >= 15 is 0 Å². The summed E-state index contributed by atoms with van der Waals surface area (Å²) < 4.78 is 0. The Balaban J connectivity index is 1.49. The van der Waals surface area contributed by atoms with Crippen LogP contribution in [0.1, 0.15) is 105 Å². The van der Waals surface area contributed by atoms with E-state index in [2.05, 4.69) is 50.7 Å². The van der Waals surface area contributed by atoms with Crippen molar-refractivity contribution in [3.05, 3.63) is 22.1 Å². The van der Waals surface area contributed by atoms with E-state index in [9.17, 15) is 0 Å². The van der Waals surface area contributed by atoms with Crippen molar-refractivity contribution in [2.24, 2.45) is 51.5 Å². The highest BCUT2D eigenvalue weighted by atomic mass is 15.1. The van der Waals surface area contributed by atoms with Gasteiger partial charge in [0.25, 0.3) is 0 Å². The van der Waals surface area contributed by atoms with Gasteiger partial charge in [0, 0.05) is 11.0 Å². The monoisotopic (exact) mass is 411 g/mol. The molecule has 0 heterocycles. The zero-order valence-electron chi connectivity index (χ0n) is 20.2. The molecule has 0 aromatic carbocycles. The van der Waals surface area contributed by atoms with Gasteiger partial charge in [-0.05, 0) is 103 Å². The second kappa shape index (κ2) is 8.53. The molecular formula is C27H45N3. The van der Waals surface area contributed by atoms with Crippen LogP contribution in [0.4, 0.5) is 0 Å². The Bertz CT molecular complexity index is 705. The van der Waals surface area contributed by atoms with Gasteiger partial charge in [-0.25, -0.2) is 0 Å². The lowest BCUT2D eigenvalue weighted by Gasteiger charge is -2.58. The quantitative estimate of drug-likeness (QED) is 0.182. The zero-order valence-corrected chi connectivity index (χ0v) is 20.2. The standard InChI is InChI=1S/C27H45N3/c1-18(2)7-6-8-19(3)23-11-12-24-22-10-9-20-17-21(29-30-28)13-15-26(20,4)25(22)14-16-27(23,24)5/h9,18-19,21-25H,6-8,10-17H2,1-5H3/t19?,21-,22?,23-,24?,25?,26+,27-/m1/s1. The van der Waals surface area contributed by atoms with E-state index in [0.717, 1.165) is 48.3 Å². The third-order valence-corrected chi connectivity index (χ3v) is 10.5. The Morgan fingerprint density at radius 3 is 2.60 bits per heavy atom. The number of nitrogens with zero attached hydrogens (tertiary/aromatic N) is 3. The van der Waals surface area contributed by atoms with Gasteiger partial charge in [0.15, 0.2) is 0 Å². The molecule has 0 bridgehead atoms. The molecule has 0 aromatic rings. The number of rotatable bonds is 6. The molecule has 0 spiro atoms. The van der Waals surface area contributed by atoms with Crippen LogP contribution in [-0.4, -0.2) is 6.04 Å². The van der Waals surface area contributed by atoms with Gasteiger partial charge in [-0.1, -0.05) is 70.6 Å². The van der Waals surface area contributed by atoms with E-state index < -0.39 is 0 Å². The van der Waals surface area contributed by atoms with Crippen molar-refractivity contribution in [1.29, 1.82) is 0 Å². The molecule has 0 aliphatic heterocycles. The molecule has 4 rings (SSSR count). The molecule has 0 N–H and O–H groups in total. The molecule has 3 fully saturated rings. The first kappa shape index (κ1) is 22.3. The molecular weight excluding hydrogens is 366 g/mol. The lowest BCUT2D eigenvalue weighted by molar-refractivity contribution is -0.0508. The molecule has 4 unspecified atom stereocenters. The maximum absolute atomic E-state index is 8.89. The van der Waals surface area contributed by atoms with Crippen molar-refractivity contribution < 1.29 is 0 Å². The largest absolute Gasteiger partial charge is 0.0903 e. The van der Waals surface area contributed by atoms with Crippen LogP contribution < -0.4 is 0 Å². The normalized spacial score (nSPS) is 43.8. The lowest BCUT2D eigenvalue weighted by atomic mass is 9.47. The Morgan fingerprint density at radius 1 is 1.07 bits per heavy atom. The molecule has 4 aliphatic rings. The van der Waals surface area contributed by atoms with Crippen molar-refractivity contribution in [1.82, 2.24) is 0 Å². The molecule has 3 heteroatoms. The van der Waals surface area contributed by atoms with Gasteiger partial charge >= 0.3 is 0 Å². The summed E-state index contributed by atoms with van der Waals surface area (Å²) in [5.41, 5.74) is 11.5. The molecule has 4 aliphatic carbocycles. The molecule has 0 saturated heterocycles. The number of allylic oxidation sites excluding steroid dienone is 1. The third kappa shape index (κ3) is 3.74. The van der Waals surface area contributed by atoms with E-state index in [1.54, 1.807) is 5.57 Å². The third-order valence-electron chi connectivity index (χ3n) is 10.5. The van der Waals surface area contributed by atoms with Gasteiger partial charge in [-0.3, -0.25) is 0 Å². The first-order chi connectivity index (χ1) is 14.3. The molecule has 30 heavy (non-hydrogen) atoms. The maximum Gasteiger partial charge on any atom is 0.0411 e. The predicted molar refractivity (Wildman–Crippen MR) is 126 cm³/mol. The number of fused-ring (bicyclic) bond motifs is 5. The molecule has 8 atom stereocenters. The first-order valence-corrected chi connectivity index (χ1v) is 13.0. The zero-order chi connectivity index (χ0) is 21.5. The van der Waals surface area contributed by atoms with Crippen LogP contribution in [0, 0.1) is 46.3 Å². The summed E-state index contributed by atoms with van der Waals surface area (Å²) in [6.07, 6.45) is 17.3. The smallest absolute Gasteiger partial charge is 0.0411 e. The second-order valence-corrected chi connectivity index (χ2v) is 12.4. The average Bonchev–Trinajstić information content (AvgIpc) is 3.05. The SMILES string of the molecule is CC(C)CCCC(C)[C@H]1CCC2C3CC=C4C[C@H](N=[N+]=[N-])CC[C@]4(C)C3CC[C@@]21C. The van der Waals surface area contributed by atoms with Crippen LogP contribution in [-0.2, 0) is 0 Å². The van der Waals surface area contributed by atoms with Crippen LogP contribution in [0.15, 0.2) is 16.8 Å². The van der Waals surface area contributed by atoms with Crippen molar-refractivity contribution in [3.8, 4) is 0 Å². The van der Waals surface area contributed by atoms with Gasteiger partial charge < -0.3 is 0 Å². The van der Waals surface area contributed by atoms with E-state index in [-0.39, 0.29) is 6.04 Å². The van der Waals surface area contributed by atoms with Crippen molar-refractivity contribution in [3.63, 3.8) is 0 Å². The van der Waals surface area contributed by atoms with E-state index in [1.807, 2.05) is 0 Å². The van der Waals surface area contributed by atoms with Gasteiger partial charge in [0.2, 0.25) is 0 Å². The Kier molecular flexibility index (Phi) is 6.33. The van der Waals surface area contributed by atoms with E-state index in [1.165, 1.54) is 57.8 Å². The Morgan fingerprint density at radius 2 is 1.87 bits per heavy atom. The minimum absolute atomic E-state index is 0.197. The summed E-state index contributed by atoms with van der Waals surface area (Å²) in [5.74, 6) is 5.35. The van der Waals surface area contributed by atoms with Crippen molar-refractivity contribution in [2.75, 3.05) is 0 Å². The predicted octanol–water partition coefficient (Wildman–Crippen LogP) is 8.71. The van der Waals surface area contributed by atoms with Crippen LogP contribution >= 0.6 is 0 Å². The van der Waals surface area contributed by atoms with Gasteiger partial charge in [0.1, 0.15) is 0 Å². The summed E-state index contributed by atoms with van der Waals surface area (Å²) in [4.78, 5) is 3.11. The van der Waals surface area contributed by atoms with Gasteiger partial charge in [-0.15, -0.1) is 0 Å². The molecule has 0 aromatic heterocycles. The van der Waals surface area contributed by atoms with Crippen LogP contribution in [0.25, 0.3) is 10.4 Å². The highest BCUT2D eigenvalue weighted by molar-refractivity contribution is 5.26. The molecule has 0 radical (unpaired) electrons. The highest BCUT2D eigenvalue weighted by Crippen LogP contribution is 2.67.